The van der Waals surface area contributed by atoms with Gasteiger partial charge in [-0.05, 0) is 43.3 Å². The SMILES string of the molecule is C=CCn1c(SC(C)C(=O)c2ccc(NC(=O)C(C)C)cc2)nnc1-c1ccco1. The predicted molar refractivity (Wildman–Crippen MR) is 117 cm³/mol. The van der Waals surface area contributed by atoms with Crippen LogP contribution in [-0.2, 0) is 11.3 Å². The highest BCUT2D eigenvalue weighted by atomic mass is 32.2. The number of Topliss-reactive ketones (excluding diaryl/α,β-unsaturated/α-hetero) is 1. The minimum atomic E-state index is -0.377. The normalized spacial score (nSPS) is 12.0. The van der Waals surface area contributed by atoms with Crippen LogP contribution >= 0.6 is 11.8 Å². The third kappa shape index (κ3) is 4.88. The van der Waals surface area contributed by atoms with Crippen LogP contribution in [0.15, 0.2) is 64.9 Å². The second-order valence-corrected chi connectivity index (χ2v) is 8.34. The molecule has 0 aliphatic rings. The molecule has 0 radical (unpaired) electrons. The van der Waals surface area contributed by atoms with Gasteiger partial charge in [-0.1, -0.05) is 31.7 Å². The molecular weight excluding hydrogens is 400 g/mol. The predicted octanol–water partition coefficient (Wildman–Crippen LogP) is 4.68. The molecule has 0 fully saturated rings. The Bertz CT molecular complexity index is 1020. The molecule has 0 spiro atoms. The van der Waals surface area contributed by atoms with E-state index in [-0.39, 0.29) is 22.9 Å². The number of carbonyl (C=O) groups is 2. The van der Waals surface area contributed by atoms with Crippen molar-refractivity contribution in [3.63, 3.8) is 0 Å². The van der Waals surface area contributed by atoms with Crippen LogP contribution in [0.3, 0.4) is 0 Å². The molecule has 156 valence electrons. The average Bonchev–Trinajstić information content (AvgIpc) is 3.38. The molecule has 3 rings (SSSR count). The number of hydrogen-bond acceptors (Lipinski definition) is 6. The summed E-state index contributed by atoms with van der Waals surface area (Å²) >= 11 is 1.33. The van der Waals surface area contributed by atoms with Gasteiger partial charge in [-0.3, -0.25) is 14.2 Å². The lowest BCUT2D eigenvalue weighted by Crippen LogP contribution is -2.18. The molecule has 0 aliphatic carbocycles. The van der Waals surface area contributed by atoms with Crippen molar-refractivity contribution in [1.82, 2.24) is 14.8 Å². The fourth-order valence-electron chi connectivity index (χ4n) is 2.71. The number of rotatable bonds is 9. The van der Waals surface area contributed by atoms with Gasteiger partial charge in [0.2, 0.25) is 11.7 Å². The van der Waals surface area contributed by atoms with Crippen LogP contribution in [0.4, 0.5) is 5.69 Å². The van der Waals surface area contributed by atoms with Gasteiger partial charge >= 0.3 is 0 Å². The number of furan rings is 1. The Morgan fingerprint density at radius 1 is 1.20 bits per heavy atom. The smallest absolute Gasteiger partial charge is 0.226 e. The fraction of sp³-hybridized carbons (Fsp3) is 0.273. The second-order valence-electron chi connectivity index (χ2n) is 7.03. The van der Waals surface area contributed by atoms with Gasteiger partial charge in [0.15, 0.2) is 16.7 Å². The first kappa shape index (κ1) is 21.6. The van der Waals surface area contributed by atoms with E-state index in [1.54, 1.807) is 42.7 Å². The Morgan fingerprint density at radius 3 is 2.53 bits per heavy atom. The van der Waals surface area contributed by atoms with Gasteiger partial charge in [0.05, 0.1) is 11.5 Å². The summed E-state index contributed by atoms with van der Waals surface area (Å²) in [4.78, 5) is 24.7. The van der Waals surface area contributed by atoms with Crippen LogP contribution < -0.4 is 5.32 Å². The van der Waals surface area contributed by atoms with E-state index in [4.69, 9.17) is 4.42 Å². The Morgan fingerprint density at radius 2 is 1.93 bits per heavy atom. The highest BCUT2D eigenvalue weighted by Crippen LogP contribution is 2.29. The number of thioether (sulfide) groups is 1. The maximum Gasteiger partial charge on any atom is 0.226 e. The Kier molecular flexibility index (Phi) is 6.89. The summed E-state index contributed by atoms with van der Waals surface area (Å²) in [6.45, 7) is 9.77. The van der Waals surface area contributed by atoms with Gasteiger partial charge in [0, 0.05) is 23.7 Å². The molecule has 0 aliphatic heterocycles. The first-order chi connectivity index (χ1) is 14.4. The van der Waals surface area contributed by atoms with Gasteiger partial charge < -0.3 is 9.73 Å². The van der Waals surface area contributed by atoms with Crippen LogP contribution in [0.25, 0.3) is 11.6 Å². The maximum atomic E-state index is 12.9. The number of hydrogen-bond donors (Lipinski definition) is 1. The molecule has 1 N–H and O–H groups in total. The summed E-state index contributed by atoms with van der Waals surface area (Å²) in [6, 6.07) is 10.5. The number of ketones is 1. The van der Waals surface area contributed by atoms with Crippen molar-refractivity contribution in [1.29, 1.82) is 0 Å². The molecule has 30 heavy (non-hydrogen) atoms. The lowest BCUT2D eigenvalue weighted by molar-refractivity contribution is -0.118. The van der Waals surface area contributed by atoms with Crippen LogP contribution in [0, 0.1) is 5.92 Å². The quantitative estimate of drug-likeness (QED) is 0.305. The Balaban J connectivity index is 1.73. The maximum absolute atomic E-state index is 12.9. The standard InChI is InChI=1S/C22H24N4O3S/c1-5-12-26-20(18-7-6-13-29-18)24-25-22(26)30-15(4)19(27)16-8-10-17(11-9-16)23-21(28)14(2)3/h5-11,13-15H,1,12H2,2-4H3,(H,23,28). The molecule has 1 unspecified atom stereocenters. The van der Waals surface area contributed by atoms with E-state index in [1.165, 1.54) is 11.8 Å². The summed E-state index contributed by atoms with van der Waals surface area (Å²) in [5.41, 5.74) is 1.23. The number of amides is 1. The number of allylic oxidation sites excluding steroid dienone is 1. The van der Waals surface area contributed by atoms with E-state index in [0.717, 1.165) is 0 Å². The molecule has 0 saturated carbocycles. The van der Waals surface area contributed by atoms with E-state index in [0.29, 0.717) is 34.5 Å². The zero-order valence-corrected chi connectivity index (χ0v) is 18.0. The molecule has 0 saturated heterocycles. The monoisotopic (exact) mass is 424 g/mol. The molecule has 2 heterocycles. The van der Waals surface area contributed by atoms with Crippen molar-refractivity contribution < 1.29 is 14.0 Å². The van der Waals surface area contributed by atoms with E-state index >= 15 is 0 Å². The van der Waals surface area contributed by atoms with Crippen molar-refractivity contribution in [2.24, 2.45) is 5.92 Å². The highest BCUT2D eigenvalue weighted by Gasteiger charge is 2.22. The molecule has 3 aromatic rings. The summed E-state index contributed by atoms with van der Waals surface area (Å²) in [5.74, 6) is 0.990. The van der Waals surface area contributed by atoms with Crippen molar-refractivity contribution in [2.75, 3.05) is 5.32 Å². The van der Waals surface area contributed by atoms with Crippen LogP contribution in [0.2, 0.25) is 0 Å². The number of aromatic nitrogens is 3. The van der Waals surface area contributed by atoms with E-state index in [1.807, 2.05) is 31.4 Å². The molecule has 1 aromatic carbocycles. The Labute approximate surface area is 179 Å². The molecule has 0 bridgehead atoms. The van der Waals surface area contributed by atoms with Crippen molar-refractivity contribution in [3.8, 4) is 11.6 Å². The highest BCUT2D eigenvalue weighted by molar-refractivity contribution is 8.00. The first-order valence-corrected chi connectivity index (χ1v) is 10.5. The van der Waals surface area contributed by atoms with Gasteiger partial charge in [0.1, 0.15) is 0 Å². The average molecular weight is 425 g/mol. The number of nitrogens with one attached hydrogen (secondary N) is 1. The molecule has 1 atom stereocenters. The fourth-order valence-corrected chi connectivity index (χ4v) is 3.64. The molecular formula is C22H24N4O3S. The number of carbonyl (C=O) groups excluding carboxylic acids is 2. The lowest BCUT2D eigenvalue weighted by Gasteiger charge is -2.12. The second kappa shape index (κ2) is 9.58. The van der Waals surface area contributed by atoms with Gasteiger partial charge in [-0.15, -0.1) is 16.8 Å². The van der Waals surface area contributed by atoms with Crippen molar-refractivity contribution in [3.05, 3.63) is 60.9 Å². The largest absolute Gasteiger partial charge is 0.461 e. The molecule has 7 nitrogen and oxygen atoms in total. The van der Waals surface area contributed by atoms with Gasteiger partial charge in [-0.2, -0.15) is 0 Å². The topological polar surface area (TPSA) is 90.0 Å². The number of benzene rings is 1. The number of anilines is 1. The molecule has 8 heteroatoms. The van der Waals surface area contributed by atoms with Gasteiger partial charge in [-0.25, -0.2) is 0 Å². The first-order valence-electron chi connectivity index (χ1n) is 9.60. The Hall–Kier alpha value is -3.13. The zero-order valence-electron chi connectivity index (χ0n) is 17.2. The van der Waals surface area contributed by atoms with E-state index in [2.05, 4.69) is 22.1 Å². The molecule has 2 aromatic heterocycles. The molecule has 1 amide bonds. The van der Waals surface area contributed by atoms with Crippen molar-refractivity contribution in [2.45, 2.75) is 37.7 Å². The zero-order chi connectivity index (χ0) is 21.7. The minimum absolute atomic E-state index is 0.0329. The van der Waals surface area contributed by atoms with E-state index in [9.17, 15) is 9.59 Å². The third-order valence-corrected chi connectivity index (χ3v) is 5.46. The summed E-state index contributed by atoms with van der Waals surface area (Å²) in [7, 11) is 0. The van der Waals surface area contributed by atoms with Crippen molar-refractivity contribution >= 4 is 29.1 Å². The van der Waals surface area contributed by atoms with Crippen LogP contribution in [-0.4, -0.2) is 31.7 Å². The number of nitrogens with zero attached hydrogens (tertiary/aromatic N) is 3. The summed E-state index contributed by atoms with van der Waals surface area (Å²) in [5, 5.41) is 11.5. The lowest BCUT2D eigenvalue weighted by atomic mass is 10.1. The van der Waals surface area contributed by atoms with E-state index < -0.39 is 0 Å². The summed E-state index contributed by atoms with van der Waals surface area (Å²) in [6.07, 6.45) is 3.32. The minimum Gasteiger partial charge on any atom is -0.461 e. The van der Waals surface area contributed by atoms with Crippen LogP contribution in [0.1, 0.15) is 31.1 Å². The van der Waals surface area contributed by atoms with Gasteiger partial charge in [0.25, 0.3) is 0 Å². The van der Waals surface area contributed by atoms with Crippen LogP contribution in [0.5, 0.6) is 0 Å². The summed E-state index contributed by atoms with van der Waals surface area (Å²) < 4.78 is 7.30. The third-order valence-electron chi connectivity index (χ3n) is 4.38.